The molecular formula is C27H36N8O. The van der Waals surface area contributed by atoms with Crippen molar-refractivity contribution < 1.29 is 4.79 Å². The number of pyridine rings is 2. The number of aryl methyl sites for hydroxylation is 1. The van der Waals surface area contributed by atoms with Crippen LogP contribution in [0, 0.1) is 13.8 Å². The number of anilines is 1. The quantitative estimate of drug-likeness (QED) is 0.446. The first-order chi connectivity index (χ1) is 17.3. The summed E-state index contributed by atoms with van der Waals surface area (Å²) in [5.41, 5.74) is 8.68. The summed E-state index contributed by atoms with van der Waals surface area (Å²) in [5, 5.41) is 4.39. The molecular weight excluding hydrogens is 452 g/mol. The predicted octanol–water partition coefficient (Wildman–Crippen LogP) is 3.61. The molecule has 0 bridgehead atoms. The number of likely N-dealkylation sites (N-methyl/N-ethyl adjacent to an activating group) is 1. The smallest absolute Gasteiger partial charge is 0.236 e. The lowest BCUT2D eigenvalue weighted by Gasteiger charge is -2.36. The molecule has 4 aromatic rings. The third-order valence-corrected chi connectivity index (χ3v) is 7.54. The van der Waals surface area contributed by atoms with E-state index in [2.05, 4.69) is 72.9 Å². The number of hydrogen-bond donors (Lipinski definition) is 1. The summed E-state index contributed by atoms with van der Waals surface area (Å²) in [6.07, 6.45) is 3.66. The molecule has 1 aliphatic rings. The number of nitrogens with zero attached hydrogens (tertiary/aromatic N) is 7. The summed E-state index contributed by atoms with van der Waals surface area (Å²) in [5.74, 6) is 1.45. The third-order valence-electron chi connectivity index (χ3n) is 7.54. The zero-order valence-electron chi connectivity index (χ0n) is 22.2. The minimum atomic E-state index is 0.204. The van der Waals surface area contributed by atoms with E-state index in [4.69, 9.17) is 4.98 Å². The molecule has 0 atom stereocenters. The molecule has 4 aromatic heterocycles. The van der Waals surface area contributed by atoms with Crippen LogP contribution in [0.1, 0.15) is 43.4 Å². The van der Waals surface area contributed by atoms with Crippen molar-refractivity contribution in [2.24, 2.45) is 0 Å². The van der Waals surface area contributed by atoms with Crippen molar-refractivity contribution in [3.63, 3.8) is 0 Å². The second kappa shape index (κ2) is 9.54. The van der Waals surface area contributed by atoms with Gasteiger partial charge in [-0.05, 0) is 56.6 Å². The fraction of sp³-hybridized carbons (Fsp3) is 0.481. The molecule has 9 heteroatoms. The summed E-state index contributed by atoms with van der Waals surface area (Å²) < 4.78 is 1.85. The van der Waals surface area contributed by atoms with Gasteiger partial charge in [-0.15, -0.1) is 0 Å². The SMILES string of the molecule is CCN(C)CC(=O)N1CCN(c2ccc3[nH]c(-c4cn5ncnc5c(C)c4C)c(C(C)C)c3n2)CC1. The van der Waals surface area contributed by atoms with E-state index in [1.54, 1.807) is 6.33 Å². The van der Waals surface area contributed by atoms with E-state index in [-0.39, 0.29) is 11.8 Å². The van der Waals surface area contributed by atoms with Crippen LogP contribution in [0.25, 0.3) is 27.9 Å². The van der Waals surface area contributed by atoms with Crippen LogP contribution in [0.2, 0.25) is 0 Å². The minimum Gasteiger partial charge on any atom is -0.353 e. The maximum atomic E-state index is 12.6. The summed E-state index contributed by atoms with van der Waals surface area (Å²) in [6, 6.07) is 4.23. The summed E-state index contributed by atoms with van der Waals surface area (Å²) >= 11 is 0. The molecule has 1 aliphatic heterocycles. The zero-order valence-corrected chi connectivity index (χ0v) is 22.2. The molecule has 0 aliphatic carbocycles. The van der Waals surface area contributed by atoms with Crippen LogP contribution in [-0.4, -0.2) is 86.6 Å². The van der Waals surface area contributed by atoms with E-state index < -0.39 is 0 Å². The lowest BCUT2D eigenvalue weighted by Crippen LogP contribution is -2.51. The van der Waals surface area contributed by atoms with Gasteiger partial charge in [-0.25, -0.2) is 14.5 Å². The maximum Gasteiger partial charge on any atom is 0.236 e. The van der Waals surface area contributed by atoms with E-state index in [1.807, 2.05) is 21.4 Å². The molecule has 0 saturated carbocycles. The van der Waals surface area contributed by atoms with Crippen molar-refractivity contribution in [1.82, 2.24) is 34.4 Å². The van der Waals surface area contributed by atoms with E-state index >= 15 is 0 Å². The van der Waals surface area contributed by atoms with Gasteiger partial charge in [0.05, 0.1) is 23.3 Å². The van der Waals surface area contributed by atoms with Gasteiger partial charge in [-0.3, -0.25) is 9.69 Å². The van der Waals surface area contributed by atoms with Gasteiger partial charge in [0.15, 0.2) is 5.65 Å². The summed E-state index contributed by atoms with van der Waals surface area (Å²) in [4.78, 5) is 32.1. The Labute approximate surface area is 212 Å². The third kappa shape index (κ3) is 4.21. The largest absolute Gasteiger partial charge is 0.353 e. The number of hydrogen-bond acceptors (Lipinski definition) is 6. The fourth-order valence-electron chi connectivity index (χ4n) is 5.11. The summed E-state index contributed by atoms with van der Waals surface area (Å²) in [7, 11) is 1.98. The second-order valence-electron chi connectivity index (χ2n) is 10.2. The Morgan fingerprint density at radius 1 is 1.14 bits per heavy atom. The molecule has 5 heterocycles. The molecule has 36 heavy (non-hydrogen) atoms. The second-order valence-corrected chi connectivity index (χ2v) is 10.2. The molecule has 9 nitrogen and oxygen atoms in total. The highest BCUT2D eigenvalue weighted by Crippen LogP contribution is 2.37. The van der Waals surface area contributed by atoms with Crippen molar-refractivity contribution >= 4 is 28.4 Å². The van der Waals surface area contributed by atoms with Crippen LogP contribution in [0.15, 0.2) is 24.7 Å². The number of amides is 1. The Bertz CT molecular complexity index is 1410. The molecule has 0 spiro atoms. The molecule has 5 rings (SSSR count). The number of nitrogens with one attached hydrogen (secondary N) is 1. The van der Waals surface area contributed by atoms with Gasteiger partial charge in [-0.2, -0.15) is 5.10 Å². The first kappa shape index (κ1) is 24.2. The Morgan fingerprint density at radius 2 is 1.89 bits per heavy atom. The van der Waals surface area contributed by atoms with Crippen molar-refractivity contribution in [2.75, 3.05) is 51.2 Å². The molecule has 1 fully saturated rings. The van der Waals surface area contributed by atoms with Crippen molar-refractivity contribution in [1.29, 1.82) is 0 Å². The Hall–Kier alpha value is -3.46. The van der Waals surface area contributed by atoms with Gasteiger partial charge < -0.3 is 14.8 Å². The van der Waals surface area contributed by atoms with Gasteiger partial charge in [0, 0.05) is 43.5 Å². The number of rotatable bonds is 6. The number of aromatic nitrogens is 5. The van der Waals surface area contributed by atoms with Gasteiger partial charge in [-0.1, -0.05) is 20.8 Å². The van der Waals surface area contributed by atoms with Crippen molar-refractivity contribution in [2.45, 2.75) is 40.5 Å². The van der Waals surface area contributed by atoms with E-state index in [9.17, 15) is 4.79 Å². The van der Waals surface area contributed by atoms with Crippen LogP contribution < -0.4 is 4.90 Å². The number of piperazine rings is 1. The molecule has 190 valence electrons. The number of H-pyrrole nitrogens is 1. The van der Waals surface area contributed by atoms with E-state index in [0.29, 0.717) is 6.54 Å². The molecule has 0 radical (unpaired) electrons. The number of carbonyl (C=O) groups is 1. The lowest BCUT2D eigenvalue weighted by atomic mass is 9.95. The number of fused-ring (bicyclic) bond motifs is 2. The van der Waals surface area contributed by atoms with Crippen LogP contribution in [0.3, 0.4) is 0 Å². The number of carbonyl (C=O) groups excluding carboxylic acids is 1. The highest BCUT2D eigenvalue weighted by atomic mass is 16.2. The van der Waals surface area contributed by atoms with Crippen LogP contribution in [-0.2, 0) is 4.79 Å². The Balaban J connectivity index is 1.46. The highest BCUT2D eigenvalue weighted by Gasteiger charge is 2.25. The van der Waals surface area contributed by atoms with Gasteiger partial charge in [0.2, 0.25) is 5.91 Å². The molecule has 0 unspecified atom stereocenters. The molecule has 1 amide bonds. The van der Waals surface area contributed by atoms with E-state index in [0.717, 1.165) is 72.0 Å². The predicted molar refractivity (Wildman–Crippen MR) is 144 cm³/mol. The van der Waals surface area contributed by atoms with Crippen LogP contribution in [0.4, 0.5) is 5.82 Å². The topological polar surface area (TPSA) is 85.7 Å². The van der Waals surface area contributed by atoms with Crippen LogP contribution >= 0.6 is 0 Å². The summed E-state index contributed by atoms with van der Waals surface area (Å²) in [6.45, 7) is 15.1. The highest BCUT2D eigenvalue weighted by molar-refractivity contribution is 5.90. The average molecular weight is 489 g/mol. The lowest BCUT2D eigenvalue weighted by molar-refractivity contribution is -0.132. The van der Waals surface area contributed by atoms with E-state index in [1.165, 1.54) is 11.1 Å². The first-order valence-corrected chi connectivity index (χ1v) is 12.8. The molecule has 1 saturated heterocycles. The number of aromatic amines is 1. The Kier molecular flexibility index (Phi) is 6.42. The maximum absolute atomic E-state index is 12.6. The standard InChI is InChI=1S/C27H36N8O/c1-7-32(6)15-23(36)34-12-10-33(11-13-34)22-9-8-21-26(31-22)24(17(2)3)25(30-21)20-14-35-27(28-16-29-35)19(5)18(20)4/h8-9,14,16-17,30H,7,10-13,15H2,1-6H3. The molecule has 0 aromatic carbocycles. The first-order valence-electron chi connectivity index (χ1n) is 12.8. The molecule has 1 N–H and O–H groups in total. The van der Waals surface area contributed by atoms with Crippen LogP contribution in [0.5, 0.6) is 0 Å². The Morgan fingerprint density at radius 3 is 2.58 bits per heavy atom. The van der Waals surface area contributed by atoms with Gasteiger partial charge in [0.25, 0.3) is 0 Å². The monoisotopic (exact) mass is 488 g/mol. The normalized spacial score (nSPS) is 14.7. The minimum absolute atomic E-state index is 0.204. The van der Waals surface area contributed by atoms with Crippen molar-refractivity contribution in [3.05, 3.63) is 41.3 Å². The zero-order chi connectivity index (χ0) is 25.6. The van der Waals surface area contributed by atoms with Crippen molar-refractivity contribution in [3.8, 4) is 11.3 Å². The average Bonchev–Trinajstić information content (AvgIpc) is 3.50. The fourth-order valence-corrected chi connectivity index (χ4v) is 5.11. The van der Waals surface area contributed by atoms with Gasteiger partial charge >= 0.3 is 0 Å². The van der Waals surface area contributed by atoms with Gasteiger partial charge in [0.1, 0.15) is 12.1 Å².